The number of urea groups is 1. The molecule has 0 bridgehead atoms. The van der Waals surface area contributed by atoms with Gasteiger partial charge in [-0.1, -0.05) is 13.8 Å². The maximum atomic E-state index is 12.2. The Morgan fingerprint density at radius 3 is 2.50 bits per heavy atom. The number of nitrogens with zero attached hydrogens (tertiary/aromatic N) is 2. The summed E-state index contributed by atoms with van der Waals surface area (Å²) < 4.78 is 4.78. The van der Waals surface area contributed by atoms with Crippen LogP contribution in [-0.2, 0) is 9.53 Å². The number of likely N-dealkylation sites (N-methyl/N-ethyl adjacent to an activating group) is 1. The fourth-order valence-corrected chi connectivity index (χ4v) is 2.36. The molecule has 0 saturated carbocycles. The van der Waals surface area contributed by atoms with Crippen molar-refractivity contribution in [1.29, 1.82) is 0 Å². The predicted octanol–water partition coefficient (Wildman–Crippen LogP) is 1.72. The summed E-state index contributed by atoms with van der Waals surface area (Å²) in [6.07, 6.45) is 0.940. The van der Waals surface area contributed by atoms with Crippen molar-refractivity contribution in [3.8, 4) is 0 Å². The zero-order valence-corrected chi connectivity index (χ0v) is 12.2. The average molecular weight is 256 g/mol. The Kier molecular flexibility index (Phi) is 4.24. The quantitative estimate of drug-likeness (QED) is 0.720. The van der Waals surface area contributed by atoms with Crippen molar-refractivity contribution in [3.05, 3.63) is 0 Å². The minimum Gasteiger partial charge on any atom is -0.467 e. The van der Waals surface area contributed by atoms with Crippen LogP contribution in [0.4, 0.5) is 4.79 Å². The first-order valence-corrected chi connectivity index (χ1v) is 6.34. The van der Waals surface area contributed by atoms with Crippen LogP contribution in [0.3, 0.4) is 0 Å². The minimum atomic E-state index is -0.911. The third-order valence-electron chi connectivity index (χ3n) is 3.58. The van der Waals surface area contributed by atoms with Gasteiger partial charge in [0.1, 0.15) is 5.54 Å². The molecule has 1 atom stereocenters. The summed E-state index contributed by atoms with van der Waals surface area (Å²) in [6.45, 7) is 8.29. The van der Waals surface area contributed by atoms with Gasteiger partial charge in [-0.3, -0.25) is 0 Å². The van der Waals surface area contributed by atoms with Crippen LogP contribution in [0.25, 0.3) is 0 Å². The van der Waals surface area contributed by atoms with E-state index in [1.54, 1.807) is 30.7 Å². The SMILES string of the molecule is COC(=O)C(C)(C)N1CC(CC(C)C)N(C)C1=O. The minimum absolute atomic E-state index is 0.101. The molecule has 18 heavy (non-hydrogen) atoms. The van der Waals surface area contributed by atoms with Crippen molar-refractivity contribution in [2.24, 2.45) is 5.92 Å². The Hall–Kier alpha value is -1.26. The third-order valence-corrected chi connectivity index (χ3v) is 3.58. The topological polar surface area (TPSA) is 49.9 Å². The van der Waals surface area contributed by atoms with Gasteiger partial charge in [0.05, 0.1) is 13.2 Å². The van der Waals surface area contributed by atoms with E-state index < -0.39 is 5.54 Å². The molecule has 1 unspecified atom stereocenters. The van der Waals surface area contributed by atoms with Gasteiger partial charge in [0.15, 0.2) is 0 Å². The van der Waals surface area contributed by atoms with E-state index >= 15 is 0 Å². The Balaban J connectivity index is 2.87. The van der Waals surface area contributed by atoms with E-state index in [0.29, 0.717) is 12.5 Å². The molecule has 0 aromatic carbocycles. The van der Waals surface area contributed by atoms with Crippen LogP contribution >= 0.6 is 0 Å². The lowest BCUT2D eigenvalue weighted by Crippen LogP contribution is -2.52. The molecule has 0 spiro atoms. The lowest BCUT2D eigenvalue weighted by atomic mass is 10.0. The van der Waals surface area contributed by atoms with Gasteiger partial charge in [0, 0.05) is 13.6 Å². The summed E-state index contributed by atoms with van der Waals surface area (Å²) in [6, 6.07) is 0.0671. The molecule has 1 saturated heterocycles. The maximum absolute atomic E-state index is 12.2. The van der Waals surface area contributed by atoms with Crippen LogP contribution in [0.15, 0.2) is 0 Å². The standard InChI is InChI=1S/C13H24N2O3/c1-9(2)7-10-8-15(12(17)14(10)5)13(3,4)11(16)18-6/h9-10H,7-8H2,1-6H3. The molecule has 0 aliphatic carbocycles. The number of amides is 2. The van der Waals surface area contributed by atoms with E-state index in [1.165, 1.54) is 7.11 Å². The molecule has 104 valence electrons. The van der Waals surface area contributed by atoms with Gasteiger partial charge in [-0.15, -0.1) is 0 Å². The summed E-state index contributed by atoms with van der Waals surface area (Å²) >= 11 is 0. The van der Waals surface area contributed by atoms with E-state index in [2.05, 4.69) is 13.8 Å². The molecule has 1 fully saturated rings. The highest BCUT2D eigenvalue weighted by Crippen LogP contribution is 2.27. The first-order valence-electron chi connectivity index (χ1n) is 6.34. The molecule has 2 amide bonds. The van der Waals surface area contributed by atoms with Crippen LogP contribution in [0, 0.1) is 5.92 Å². The lowest BCUT2D eigenvalue weighted by molar-refractivity contribution is -0.151. The number of methoxy groups -OCH3 is 1. The first kappa shape index (κ1) is 14.8. The normalized spacial score (nSPS) is 20.8. The van der Waals surface area contributed by atoms with Gasteiger partial charge in [0.2, 0.25) is 0 Å². The van der Waals surface area contributed by atoms with Gasteiger partial charge in [0.25, 0.3) is 0 Å². The van der Waals surface area contributed by atoms with E-state index in [0.717, 1.165) is 6.42 Å². The van der Waals surface area contributed by atoms with Crippen LogP contribution < -0.4 is 0 Å². The highest BCUT2D eigenvalue weighted by atomic mass is 16.5. The molecule has 1 aliphatic heterocycles. The second-order valence-electron chi connectivity index (χ2n) is 5.84. The highest BCUT2D eigenvalue weighted by Gasteiger charge is 2.46. The van der Waals surface area contributed by atoms with Crippen LogP contribution in [-0.4, -0.2) is 54.1 Å². The van der Waals surface area contributed by atoms with Gasteiger partial charge in [-0.05, 0) is 26.2 Å². The summed E-state index contributed by atoms with van der Waals surface area (Å²) in [5.74, 6) is 0.140. The number of rotatable bonds is 4. The number of esters is 1. The molecule has 0 N–H and O–H groups in total. The number of carbonyl (C=O) groups excluding carboxylic acids is 2. The zero-order valence-electron chi connectivity index (χ0n) is 12.2. The molecule has 0 aromatic rings. The summed E-state index contributed by atoms with van der Waals surface area (Å²) in [7, 11) is 3.14. The van der Waals surface area contributed by atoms with Gasteiger partial charge >= 0.3 is 12.0 Å². The van der Waals surface area contributed by atoms with Crippen molar-refractivity contribution in [2.75, 3.05) is 20.7 Å². The van der Waals surface area contributed by atoms with Crippen molar-refractivity contribution >= 4 is 12.0 Å². The Bertz CT molecular complexity index is 339. The smallest absolute Gasteiger partial charge is 0.331 e. The Morgan fingerprint density at radius 1 is 1.50 bits per heavy atom. The second kappa shape index (κ2) is 5.16. The van der Waals surface area contributed by atoms with Crippen LogP contribution in [0.1, 0.15) is 34.1 Å². The number of carbonyl (C=O) groups is 2. The predicted molar refractivity (Wildman–Crippen MR) is 69.2 cm³/mol. The summed E-state index contributed by atoms with van der Waals surface area (Å²) in [4.78, 5) is 27.3. The Morgan fingerprint density at radius 2 is 2.06 bits per heavy atom. The number of ether oxygens (including phenoxy) is 1. The molecule has 1 heterocycles. The average Bonchev–Trinajstić information content (AvgIpc) is 2.56. The van der Waals surface area contributed by atoms with Crippen molar-refractivity contribution in [1.82, 2.24) is 9.80 Å². The molecular weight excluding hydrogens is 232 g/mol. The van der Waals surface area contributed by atoms with Crippen molar-refractivity contribution < 1.29 is 14.3 Å². The fraction of sp³-hybridized carbons (Fsp3) is 0.846. The van der Waals surface area contributed by atoms with E-state index in [-0.39, 0.29) is 18.0 Å². The molecule has 5 nitrogen and oxygen atoms in total. The van der Waals surface area contributed by atoms with E-state index in [4.69, 9.17) is 4.74 Å². The number of hydrogen-bond acceptors (Lipinski definition) is 3. The zero-order chi connectivity index (χ0) is 14.1. The van der Waals surface area contributed by atoms with Gasteiger partial charge < -0.3 is 14.5 Å². The molecule has 0 radical (unpaired) electrons. The molecule has 1 aliphatic rings. The van der Waals surface area contributed by atoms with Crippen molar-refractivity contribution in [3.63, 3.8) is 0 Å². The summed E-state index contributed by atoms with van der Waals surface area (Å²) in [5.41, 5.74) is -0.911. The van der Waals surface area contributed by atoms with Crippen LogP contribution in [0.2, 0.25) is 0 Å². The van der Waals surface area contributed by atoms with Gasteiger partial charge in [-0.2, -0.15) is 0 Å². The fourth-order valence-electron chi connectivity index (χ4n) is 2.36. The maximum Gasteiger partial charge on any atom is 0.331 e. The monoisotopic (exact) mass is 256 g/mol. The molecular formula is C13H24N2O3. The van der Waals surface area contributed by atoms with E-state index in [9.17, 15) is 9.59 Å². The third kappa shape index (κ3) is 2.60. The first-order chi connectivity index (χ1) is 8.21. The highest BCUT2D eigenvalue weighted by molar-refractivity contribution is 5.87. The molecule has 1 rings (SSSR count). The van der Waals surface area contributed by atoms with Crippen LogP contribution in [0.5, 0.6) is 0 Å². The number of hydrogen-bond donors (Lipinski definition) is 0. The largest absolute Gasteiger partial charge is 0.467 e. The second-order valence-corrected chi connectivity index (χ2v) is 5.84. The lowest BCUT2D eigenvalue weighted by Gasteiger charge is -2.31. The van der Waals surface area contributed by atoms with Crippen molar-refractivity contribution in [2.45, 2.75) is 45.7 Å². The van der Waals surface area contributed by atoms with Gasteiger partial charge in [-0.25, -0.2) is 9.59 Å². The molecule has 0 aromatic heterocycles. The summed E-state index contributed by atoms with van der Waals surface area (Å²) in [5, 5.41) is 0. The molecule has 5 heteroatoms. The van der Waals surface area contributed by atoms with E-state index in [1.807, 2.05) is 0 Å². The Labute approximate surface area is 109 Å².